The van der Waals surface area contributed by atoms with Gasteiger partial charge in [0.25, 0.3) is 0 Å². The van der Waals surface area contributed by atoms with E-state index in [0.717, 1.165) is 22.6 Å². The van der Waals surface area contributed by atoms with E-state index in [2.05, 4.69) is 0 Å². The first kappa shape index (κ1) is 20.1. The Bertz CT molecular complexity index is 1090. The molecule has 3 rings (SSSR count). The molecule has 0 bridgehead atoms. The summed E-state index contributed by atoms with van der Waals surface area (Å²) in [5.41, 5.74) is 9.45. The van der Waals surface area contributed by atoms with Crippen LogP contribution in [0, 0.1) is 12.7 Å². The number of hydrogen-bond acceptors (Lipinski definition) is 3. The van der Waals surface area contributed by atoms with Crippen LogP contribution >= 0.6 is 0 Å². The second-order valence-electron chi connectivity index (χ2n) is 6.65. The standard InChI is InChI=1S/C22H21FN2O4/c1-13-11-14(22(24)28)3-8-18(13)25-16(6-10-21(26)27)5-9-19(25)17-7-4-15(23)12-20(17)29-2/h3-5,7-9,11-12H,6,10H2,1-2H3,(H2,24,28)(H,26,27). The van der Waals surface area contributed by atoms with Gasteiger partial charge in [0.05, 0.1) is 19.2 Å². The lowest BCUT2D eigenvalue weighted by molar-refractivity contribution is -0.136. The lowest BCUT2D eigenvalue weighted by Gasteiger charge is -2.18. The molecule has 1 amide bonds. The van der Waals surface area contributed by atoms with Crippen LogP contribution in [0.15, 0.2) is 48.5 Å². The number of nitrogens with two attached hydrogens (primary N) is 1. The van der Waals surface area contributed by atoms with Gasteiger partial charge in [0.1, 0.15) is 11.6 Å². The third-order valence-electron chi connectivity index (χ3n) is 4.72. The fraction of sp³-hybridized carbons (Fsp3) is 0.182. The largest absolute Gasteiger partial charge is 0.496 e. The third-order valence-corrected chi connectivity index (χ3v) is 4.72. The second-order valence-corrected chi connectivity index (χ2v) is 6.65. The number of carbonyl (C=O) groups excluding carboxylic acids is 1. The number of primary amides is 1. The molecule has 0 aliphatic carbocycles. The molecule has 1 aromatic heterocycles. The Morgan fingerprint density at radius 2 is 1.90 bits per heavy atom. The number of carbonyl (C=O) groups is 2. The second kappa shape index (κ2) is 8.18. The summed E-state index contributed by atoms with van der Waals surface area (Å²) in [4.78, 5) is 22.6. The van der Waals surface area contributed by atoms with Crippen LogP contribution in [-0.2, 0) is 11.2 Å². The SMILES string of the molecule is COc1cc(F)ccc1-c1ccc(CCC(=O)O)n1-c1ccc(C(N)=O)cc1C. The molecule has 2 aromatic carbocycles. The monoisotopic (exact) mass is 396 g/mol. The van der Waals surface area contributed by atoms with Gasteiger partial charge >= 0.3 is 5.97 Å². The number of rotatable bonds is 7. The smallest absolute Gasteiger partial charge is 0.303 e. The Labute approximate surface area is 167 Å². The topological polar surface area (TPSA) is 94.6 Å². The highest BCUT2D eigenvalue weighted by molar-refractivity contribution is 5.93. The van der Waals surface area contributed by atoms with Crippen LogP contribution in [0.4, 0.5) is 4.39 Å². The number of carboxylic acid groups (broad SMARTS) is 1. The van der Waals surface area contributed by atoms with Crippen molar-refractivity contribution in [2.75, 3.05) is 7.11 Å². The molecule has 0 spiro atoms. The van der Waals surface area contributed by atoms with Gasteiger partial charge in [0, 0.05) is 28.6 Å². The van der Waals surface area contributed by atoms with Crippen LogP contribution in [0.25, 0.3) is 16.9 Å². The van der Waals surface area contributed by atoms with Crippen molar-refractivity contribution in [2.24, 2.45) is 5.73 Å². The van der Waals surface area contributed by atoms with Gasteiger partial charge in [-0.1, -0.05) is 0 Å². The molecule has 0 fully saturated rings. The summed E-state index contributed by atoms with van der Waals surface area (Å²) in [6, 6.07) is 13.0. The van der Waals surface area contributed by atoms with E-state index in [1.54, 1.807) is 24.3 Å². The quantitative estimate of drug-likeness (QED) is 0.636. The summed E-state index contributed by atoms with van der Waals surface area (Å²) in [7, 11) is 1.46. The van der Waals surface area contributed by atoms with E-state index in [-0.39, 0.29) is 6.42 Å². The van der Waals surface area contributed by atoms with Crippen LogP contribution in [0.5, 0.6) is 5.75 Å². The van der Waals surface area contributed by atoms with Gasteiger partial charge in [-0.25, -0.2) is 4.39 Å². The van der Waals surface area contributed by atoms with E-state index in [0.29, 0.717) is 23.3 Å². The summed E-state index contributed by atoms with van der Waals surface area (Å²) >= 11 is 0. The number of hydrogen-bond donors (Lipinski definition) is 2. The zero-order valence-corrected chi connectivity index (χ0v) is 16.1. The van der Waals surface area contributed by atoms with Gasteiger partial charge < -0.3 is 20.1 Å². The summed E-state index contributed by atoms with van der Waals surface area (Å²) < 4.78 is 20.9. The summed E-state index contributed by atoms with van der Waals surface area (Å²) in [6.07, 6.45) is 0.262. The van der Waals surface area contributed by atoms with Crippen LogP contribution < -0.4 is 10.5 Å². The normalized spacial score (nSPS) is 10.7. The van der Waals surface area contributed by atoms with E-state index in [1.165, 1.54) is 19.2 Å². The van der Waals surface area contributed by atoms with E-state index < -0.39 is 17.7 Å². The number of nitrogens with zero attached hydrogens (tertiary/aromatic N) is 1. The van der Waals surface area contributed by atoms with Crippen molar-refractivity contribution in [3.8, 4) is 22.7 Å². The highest BCUT2D eigenvalue weighted by atomic mass is 19.1. The average Bonchev–Trinajstić information content (AvgIpc) is 3.09. The van der Waals surface area contributed by atoms with Gasteiger partial charge in [0.2, 0.25) is 5.91 Å². The maximum Gasteiger partial charge on any atom is 0.303 e. The number of aryl methyl sites for hydroxylation is 2. The molecule has 3 N–H and O–H groups in total. The summed E-state index contributed by atoms with van der Waals surface area (Å²) in [5, 5.41) is 9.10. The zero-order chi connectivity index (χ0) is 21.1. The molecule has 0 aliphatic heterocycles. The van der Waals surface area contributed by atoms with Gasteiger partial charge in [-0.05, 0) is 61.4 Å². The average molecular weight is 396 g/mol. The third kappa shape index (κ3) is 4.13. The number of amides is 1. The maximum absolute atomic E-state index is 13.7. The fourth-order valence-corrected chi connectivity index (χ4v) is 3.34. The van der Waals surface area contributed by atoms with E-state index >= 15 is 0 Å². The number of benzene rings is 2. The lowest BCUT2D eigenvalue weighted by Crippen LogP contribution is -2.12. The molecule has 150 valence electrons. The highest BCUT2D eigenvalue weighted by Crippen LogP contribution is 2.35. The molecule has 3 aromatic rings. The van der Waals surface area contributed by atoms with Crippen LogP contribution in [0.2, 0.25) is 0 Å². The number of aromatic nitrogens is 1. The molecule has 0 aliphatic rings. The Morgan fingerprint density at radius 1 is 1.14 bits per heavy atom. The molecule has 0 saturated heterocycles. The van der Waals surface area contributed by atoms with E-state index in [1.807, 2.05) is 23.6 Å². The molecule has 0 atom stereocenters. The number of ether oxygens (including phenoxy) is 1. The maximum atomic E-state index is 13.7. The molecule has 1 heterocycles. The number of aliphatic carboxylic acids is 1. The Balaban J connectivity index is 2.22. The molecule has 29 heavy (non-hydrogen) atoms. The predicted molar refractivity (Wildman–Crippen MR) is 107 cm³/mol. The fourth-order valence-electron chi connectivity index (χ4n) is 3.34. The molecular weight excluding hydrogens is 375 g/mol. The Morgan fingerprint density at radius 3 is 2.52 bits per heavy atom. The first-order valence-electron chi connectivity index (χ1n) is 8.99. The van der Waals surface area contributed by atoms with Crippen molar-refractivity contribution in [2.45, 2.75) is 19.8 Å². The van der Waals surface area contributed by atoms with Crippen LogP contribution in [0.3, 0.4) is 0 Å². The van der Waals surface area contributed by atoms with Crippen molar-refractivity contribution < 1.29 is 23.8 Å². The van der Waals surface area contributed by atoms with E-state index in [4.69, 9.17) is 15.6 Å². The minimum atomic E-state index is -0.903. The van der Waals surface area contributed by atoms with Crippen molar-refractivity contribution in [3.63, 3.8) is 0 Å². The van der Waals surface area contributed by atoms with Crippen molar-refractivity contribution >= 4 is 11.9 Å². The minimum Gasteiger partial charge on any atom is -0.496 e. The van der Waals surface area contributed by atoms with Crippen molar-refractivity contribution in [1.29, 1.82) is 0 Å². The Kier molecular flexibility index (Phi) is 5.68. The molecule has 7 heteroatoms. The minimum absolute atomic E-state index is 0.0393. The number of halogens is 1. The van der Waals surface area contributed by atoms with Crippen LogP contribution in [0.1, 0.15) is 28.0 Å². The molecule has 0 radical (unpaired) electrons. The van der Waals surface area contributed by atoms with E-state index in [9.17, 15) is 14.0 Å². The first-order chi connectivity index (χ1) is 13.8. The molecule has 0 saturated carbocycles. The molecule has 6 nitrogen and oxygen atoms in total. The lowest BCUT2D eigenvalue weighted by atomic mass is 10.1. The summed E-state index contributed by atoms with van der Waals surface area (Å²) in [5.74, 6) is -1.49. The number of methoxy groups -OCH3 is 1. The summed E-state index contributed by atoms with van der Waals surface area (Å²) in [6.45, 7) is 1.84. The Hall–Kier alpha value is -3.61. The van der Waals surface area contributed by atoms with Gasteiger partial charge in [0.15, 0.2) is 0 Å². The van der Waals surface area contributed by atoms with Gasteiger partial charge in [-0.2, -0.15) is 0 Å². The van der Waals surface area contributed by atoms with Crippen molar-refractivity contribution in [3.05, 3.63) is 71.2 Å². The van der Waals surface area contributed by atoms with Gasteiger partial charge in [-0.3, -0.25) is 9.59 Å². The first-order valence-corrected chi connectivity index (χ1v) is 8.99. The predicted octanol–water partition coefficient (Wildman–Crippen LogP) is 3.72. The highest BCUT2D eigenvalue weighted by Gasteiger charge is 2.18. The molecular formula is C22H21FN2O4. The van der Waals surface area contributed by atoms with Crippen molar-refractivity contribution in [1.82, 2.24) is 4.57 Å². The number of carboxylic acids is 1. The van der Waals surface area contributed by atoms with Gasteiger partial charge in [-0.15, -0.1) is 0 Å². The van der Waals surface area contributed by atoms with Crippen LogP contribution in [-0.4, -0.2) is 28.7 Å². The zero-order valence-electron chi connectivity index (χ0n) is 16.1. The molecule has 0 unspecified atom stereocenters.